The molecule has 0 aliphatic carbocycles. The summed E-state index contributed by atoms with van der Waals surface area (Å²) in [5.41, 5.74) is 5.61. The van der Waals surface area contributed by atoms with Gasteiger partial charge in [-0.25, -0.2) is 0 Å². The van der Waals surface area contributed by atoms with Crippen LogP contribution in [0.2, 0.25) is 0 Å². The fourth-order valence-electron chi connectivity index (χ4n) is 1.52. The Morgan fingerprint density at radius 3 is 2.44 bits per heavy atom. The minimum absolute atomic E-state index is 0.183. The van der Waals surface area contributed by atoms with Crippen molar-refractivity contribution in [1.29, 1.82) is 0 Å². The van der Waals surface area contributed by atoms with E-state index in [4.69, 9.17) is 10.2 Å². The summed E-state index contributed by atoms with van der Waals surface area (Å²) in [6.45, 7) is 0.183. The van der Waals surface area contributed by atoms with Crippen LogP contribution in [-0.2, 0) is 6.54 Å². The first kappa shape index (κ1) is 12.5. The number of benzene rings is 1. The van der Waals surface area contributed by atoms with Crippen molar-refractivity contribution in [3.63, 3.8) is 0 Å². The van der Waals surface area contributed by atoms with Gasteiger partial charge in [-0.05, 0) is 24.3 Å². The molecule has 0 aliphatic heterocycles. The van der Waals surface area contributed by atoms with Crippen LogP contribution in [0.5, 0.6) is 5.75 Å². The number of hydrogen-bond donors (Lipinski definition) is 1. The van der Waals surface area contributed by atoms with Crippen LogP contribution < -0.4 is 10.5 Å². The third-order valence-electron chi connectivity index (χ3n) is 2.24. The van der Waals surface area contributed by atoms with Crippen LogP contribution >= 0.6 is 0 Å². The van der Waals surface area contributed by atoms with Gasteiger partial charge in [0.25, 0.3) is 0 Å². The fraction of sp³-hybridized carbons (Fsp3) is 0.167. The van der Waals surface area contributed by atoms with Gasteiger partial charge in [-0.1, -0.05) is 12.1 Å². The quantitative estimate of drug-likeness (QED) is 0.917. The van der Waals surface area contributed by atoms with Gasteiger partial charge < -0.3 is 14.9 Å². The maximum absolute atomic E-state index is 12.2. The molecule has 0 bridgehead atoms. The Morgan fingerprint density at radius 2 is 1.83 bits per heavy atom. The highest BCUT2D eigenvalue weighted by Gasteiger charge is 2.32. The summed E-state index contributed by atoms with van der Waals surface area (Å²) in [7, 11) is 0. The lowest BCUT2D eigenvalue weighted by molar-refractivity contribution is -0.274. The largest absolute Gasteiger partial charge is 0.573 e. The van der Waals surface area contributed by atoms with Crippen molar-refractivity contribution in [3.05, 3.63) is 42.2 Å². The maximum Gasteiger partial charge on any atom is 0.573 e. The van der Waals surface area contributed by atoms with Crippen molar-refractivity contribution >= 4 is 0 Å². The number of ether oxygens (including phenoxy) is 1. The van der Waals surface area contributed by atoms with Crippen LogP contribution in [0, 0.1) is 0 Å². The molecular weight excluding hydrogens is 247 g/mol. The Bertz CT molecular complexity index is 534. The molecule has 0 spiro atoms. The first-order valence-electron chi connectivity index (χ1n) is 5.13. The predicted molar refractivity (Wildman–Crippen MR) is 58.7 cm³/mol. The Kier molecular flexibility index (Phi) is 3.29. The molecule has 6 heteroatoms. The van der Waals surface area contributed by atoms with E-state index in [0.717, 1.165) is 0 Å². The summed E-state index contributed by atoms with van der Waals surface area (Å²) in [6.07, 6.45) is -4.74. The van der Waals surface area contributed by atoms with E-state index in [1.54, 1.807) is 18.2 Å². The van der Waals surface area contributed by atoms with Crippen molar-refractivity contribution in [2.45, 2.75) is 12.9 Å². The molecule has 0 unspecified atom stereocenters. The molecule has 18 heavy (non-hydrogen) atoms. The number of hydrogen-bond acceptors (Lipinski definition) is 3. The van der Waals surface area contributed by atoms with E-state index >= 15 is 0 Å². The van der Waals surface area contributed by atoms with Crippen LogP contribution in [0.3, 0.4) is 0 Å². The Morgan fingerprint density at radius 1 is 1.11 bits per heavy atom. The van der Waals surface area contributed by atoms with Gasteiger partial charge in [0.15, 0.2) is 0 Å². The molecule has 2 N–H and O–H groups in total. The first-order chi connectivity index (χ1) is 8.49. The third-order valence-corrected chi connectivity index (χ3v) is 2.24. The van der Waals surface area contributed by atoms with Crippen molar-refractivity contribution in [3.8, 4) is 17.1 Å². The van der Waals surface area contributed by atoms with E-state index in [1.807, 2.05) is 0 Å². The monoisotopic (exact) mass is 257 g/mol. The molecule has 1 heterocycles. The molecule has 0 aliphatic rings. The average molecular weight is 257 g/mol. The maximum atomic E-state index is 12.2. The van der Waals surface area contributed by atoms with Gasteiger partial charge in [-0.15, -0.1) is 13.2 Å². The second kappa shape index (κ2) is 4.73. The minimum atomic E-state index is -4.74. The zero-order valence-corrected chi connectivity index (χ0v) is 9.20. The standard InChI is InChI=1S/C12H10F3NO2/c13-12(14,15)18-11-4-2-1-3-9(11)10-6-5-8(7-16)17-10/h1-6H,7,16H2. The van der Waals surface area contributed by atoms with E-state index in [-0.39, 0.29) is 23.6 Å². The summed E-state index contributed by atoms with van der Waals surface area (Å²) in [5, 5.41) is 0. The summed E-state index contributed by atoms with van der Waals surface area (Å²) >= 11 is 0. The van der Waals surface area contributed by atoms with Crippen LogP contribution in [0.4, 0.5) is 13.2 Å². The molecule has 96 valence electrons. The zero-order valence-electron chi connectivity index (χ0n) is 9.20. The number of alkyl halides is 3. The highest BCUT2D eigenvalue weighted by atomic mass is 19.4. The van der Waals surface area contributed by atoms with Crippen molar-refractivity contribution in [2.75, 3.05) is 0 Å². The highest BCUT2D eigenvalue weighted by Crippen LogP contribution is 2.34. The van der Waals surface area contributed by atoms with Crippen molar-refractivity contribution in [1.82, 2.24) is 0 Å². The normalized spacial score (nSPS) is 11.6. The number of halogens is 3. The molecule has 0 saturated carbocycles. The van der Waals surface area contributed by atoms with E-state index in [9.17, 15) is 13.2 Å². The molecule has 0 atom stereocenters. The lowest BCUT2D eigenvalue weighted by atomic mass is 10.1. The predicted octanol–water partition coefficient (Wildman–Crippen LogP) is 3.30. The Balaban J connectivity index is 2.38. The van der Waals surface area contributed by atoms with Gasteiger partial charge in [0.05, 0.1) is 12.1 Å². The van der Waals surface area contributed by atoms with E-state index in [1.165, 1.54) is 18.2 Å². The van der Waals surface area contributed by atoms with Gasteiger partial charge in [0.1, 0.15) is 17.3 Å². The molecule has 3 nitrogen and oxygen atoms in total. The second-order valence-corrected chi connectivity index (χ2v) is 3.51. The number of para-hydroxylation sites is 1. The highest BCUT2D eigenvalue weighted by molar-refractivity contribution is 5.65. The van der Waals surface area contributed by atoms with Crippen LogP contribution in [-0.4, -0.2) is 6.36 Å². The van der Waals surface area contributed by atoms with Crippen molar-refractivity contribution in [2.24, 2.45) is 5.73 Å². The Hall–Kier alpha value is -1.95. The SMILES string of the molecule is NCc1ccc(-c2ccccc2OC(F)(F)F)o1. The topological polar surface area (TPSA) is 48.4 Å². The number of furan rings is 1. The molecule has 0 amide bonds. The van der Waals surface area contributed by atoms with Crippen LogP contribution in [0.15, 0.2) is 40.8 Å². The molecule has 1 aromatic heterocycles. The van der Waals surface area contributed by atoms with E-state index in [2.05, 4.69) is 4.74 Å². The zero-order chi connectivity index (χ0) is 13.2. The number of nitrogens with two attached hydrogens (primary N) is 1. The first-order valence-corrected chi connectivity index (χ1v) is 5.13. The van der Waals surface area contributed by atoms with E-state index in [0.29, 0.717) is 5.76 Å². The summed E-state index contributed by atoms with van der Waals surface area (Å²) in [4.78, 5) is 0. The molecular formula is C12H10F3NO2. The smallest absolute Gasteiger partial charge is 0.460 e. The fourth-order valence-corrected chi connectivity index (χ4v) is 1.52. The summed E-state index contributed by atoms with van der Waals surface area (Å²) in [6, 6.07) is 8.94. The third kappa shape index (κ3) is 2.84. The lowest BCUT2D eigenvalue weighted by Gasteiger charge is -2.11. The molecule has 2 aromatic rings. The molecule has 0 fully saturated rings. The Labute approximate surface area is 101 Å². The van der Waals surface area contributed by atoms with E-state index < -0.39 is 6.36 Å². The van der Waals surface area contributed by atoms with Crippen LogP contribution in [0.25, 0.3) is 11.3 Å². The van der Waals surface area contributed by atoms with Gasteiger partial charge in [0, 0.05) is 0 Å². The van der Waals surface area contributed by atoms with Gasteiger partial charge >= 0.3 is 6.36 Å². The molecule has 2 rings (SSSR count). The summed E-state index contributed by atoms with van der Waals surface area (Å²) < 4.78 is 45.9. The van der Waals surface area contributed by atoms with Gasteiger partial charge in [0.2, 0.25) is 0 Å². The van der Waals surface area contributed by atoms with Crippen molar-refractivity contribution < 1.29 is 22.3 Å². The van der Waals surface area contributed by atoms with Gasteiger partial charge in [-0.3, -0.25) is 0 Å². The molecule has 0 radical (unpaired) electrons. The summed E-state index contributed by atoms with van der Waals surface area (Å²) in [5.74, 6) is 0.477. The minimum Gasteiger partial charge on any atom is -0.460 e. The lowest BCUT2D eigenvalue weighted by Crippen LogP contribution is -2.17. The van der Waals surface area contributed by atoms with Crippen LogP contribution in [0.1, 0.15) is 5.76 Å². The molecule has 1 aromatic carbocycles. The molecule has 0 saturated heterocycles. The van der Waals surface area contributed by atoms with Gasteiger partial charge in [-0.2, -0.15) is 0 Å². The number of rotatable bonds is 3. The second-order valence-electron chi connectivity index (χ2n) is 3.51. The average Bonchev–Trinajstić information content (AvgIpc) is 2.76.